The van der Waals surface area contributed by atoms with Gasteiger partial charge in [-0.25, -0.2) is 0 Å². The van der Waals surface area contributed by atoms with E-state index in [1.165, 1.54) is 0 Å². The Morgan fingerprint density at radius 3 is 2.83 bits per heavy atom. The minimum Gasteiger partial charge on any atom is -0.488 e. The summed E-state index contributed by atoms with van der Waals surface area (Å²) >= 11 is 0. The Labute approximate surface area is 134 Å². The summed E-state index contributed by atoms with van der Waals surface area (Å²) in [5.74, 6) is -0.736. The number of carbonyl (C=O) groups excluding carboxylic acids is 1. The van der Waals surface area contributed by atoms with Gasteiger partial charge in [-0.1, -0.05) is 12.1 Å². The van der Waals surface area contributed by atoms with E-state index in [1.54, 1.807) is 0 Å². The van der Waals surface area contributed by atoms with Crippen molar-refractivity contribution in [3.63, 3.8) is 0 Å². The Bertz CT molecular complexity index is 617. The monoisotopic (exact) mass is 319 g/mol. The number of rotatable bonds is 6. The van der Waals surface area contributed by atoms with Crippen LogP contribution in [-0.2, 0) is 20.9 Å². The third-order valence-corrected chi connectivity index (χ3v) is 4.44. The molecule has 2 fully saturated rings. The number of ether oxygens (including phenoxy) is 2. The van der Waals surface area contributed by atoms with Crippen molar-refractivity contribution < 1.29 is 24.2 Å². The van der Waals surface area contributed by atoms with Crippen molar-refractivity contribution in [1.82, 2.24) is 5.32 Å². The Morgan fingerprint density at radius 1 is 1.43 bits per heavy atom. The number of aliphatic carboxylic acids is 1. The highest BCUT2D eigenvalue weighted by Crippen LogP contribution is 2.46. The average molecular weight is 319 g/mol. The molecule has 1 aromatic rings. The lowest BCUT2D eigenvalue weighted by molar-refractivity contribution is -0.149. The van der Waals surface area contributed by atoms with Gasteiger partial charge in [0.1, 0.15) is 17.3 Å². The lowest BCUT2D eigenvalue weighted by Crippen LogP contribution is -2.36. The van der Waals surface area contributed by atoms with Crippen LogP contribution in [-0.4, -0.2) is 36.3 Å². The smallest absolute Gasteiger partial charge is 0.319 e. The van der Waals surface area contributed by atoms with Crippen LogP contribution < -0.4 is 10.1 Å². The largest absolute Gasteiger partial charge is 0.488 e. The predicted octanol–water partition coefficient (Wildman–Crippen LogP) is 1.64. The molecule has 1 heterocycles. The maximum Gasteiger partial charge on any atom is 0.319 e. The minimum atomic E-state index is -1.22. The third-order valence-electron chi connectivity index (χ3n) is 4.44. The van der Waals surface area contributed by atoms with Gasteiger partial charge in [-0.05, 0) is 31.4 Å². The lowest BCUT2D eigenvalue weighted by atomic mass is 10.1. The highest BCUT2D eigenvalue weighted by molar-refractivity contribution is 6.04. The van der Waals surface area contributed by atoms with Crippen molar-refractivity contribution in [2.24, 2.45) is 5.41 Å². The summed E-state index contributed by atoms with van der Waals surface area (Å²) < 4.78 is 11.3. The molecule has 1 atom stereocenters. The summed E-state index contributed by atoms with van der Waals surface area (Å²) in [7, 11) is 0. The Hall–Kier alpha value is -2.08. The van der Waals surface area contributed by atoms with E-state index in [0.29, 0.717) is 26.1 Å². The summed E-state index contributed by atoms with van der Waals surface area (Å²) in [4.78, 5) is 23.3. The van der Waals surface area contributed by atoms with Crippen molar-refractivity contribution in [2.45, 2.75) is 38.8 Å². The fourth-order valence-corrected chi connectivity index (χ4v) is 2.71. The van der Waals surface area contributed by atoms with Gasteiger partial charge in [0, 0.05) is 18.5 Å². The van der Waals surface area contributed by atoms with Crippen LogP contribution in [0.3, 0.4) is 0 Å². The molecular formula is C17H21NO5. The maximum absolute atomic E-state index is 12.1. The molecule has 6 nitrogen and oxygen atoms in total. The number of carbonyl (C=O) groups is 2. The molecule has 0 spiro atoms. The van der Waals surface area contributed by atoms with Gasteiger partial charge in [0.25, 0.3) is 0 Å². The summed E-state index contributed by atoms with van der Waals surface area (Å²) in [5, 5.41) is 11.9. The zero-order chi connectivity index (χ0) is 16.4. The molecule has 1 aliphatic carbocycles. The summed E-state index contributed by atoms with van der Waals surface area (Å²) in [6.45, 7) is 3.51. The minimum absolute atomic E-state index is 0.0278. The summed E-state index contributed by atoms with van der Waals surface area (Å²) in [6, 6.07) is 5.79. The Balaban J connectivity index is 1.67. The van der Waals surface area contributed by atoms with E-state index in [2.05, 4.69) is 5.32 Å². The molecule has 1 unspecified atom stereocenters. The van der Waals surface area contributed by atoms with Gasteiger partial charge in [0.2, 0.25) is 5.91 Å². The molecule has 6 heteroatoms. The number of carboxylic acids is 1. The second kappa shape index (κ2) is 6.20. The first-order valence-corrected chi connectivity index (χ1v) is 7.87. The molecule has 0 bridgehead atoms. The van der Waals surface area contributed by atoms with E-state index in [9.17, 15) is 9.59 Å². The van der Waals surface area contributed by atoms with Crippen LogP contribution in [0.15, 0.2) is 18.2 Å². The highest BCUT2D eigenvalue weighted by atomic mass is 16.5. The van der Waals surface area contributed by atoms with E-state index < -0.39 is 17.3 Å². The van der Waals surface area contributed by atoms with E-state index >= 15 is 0 Å². The van der Waals surface area contributed by atoms with Gasteiger partial charge >= 0.3 is 5.97 Å². The van der Waals surface area contributed by atoms with Crippen LogP contribution in [0.2, 0.25) is 0 Å². The third kappa shape index (κ3) is 3.32. The molecule has 0 aromatic heterocycles. The quantitative estimate of drug-likeness (QED) is 0.779. The first-order chi connectivity index (χ1) is 11.0. The van der Waals surface area contributed by atoms with Gasteiger partial charge in [0.05, 0.1) is 13.2 Å². The molecular weight excluding hydrogens is 298 g/mol. The molecule has 1 saturated heterocycles. The second-order valence-electron chi connectivity index (χ2n) is 6.28. The number of benzene rings is 1. The number of hydrogen-bond donors (Lipinski definition) is 2. The fourth-order valence-electron chi connectivity index (χ4n) is 2.71. The van der Waals surface area contributed by atoms with Crippen molar-refractivity contribution in [3.05, 3.63) is 29.3 Å². The molecule has 1 aliphatic heterocycles. The Kier molecular flexibility index (Phi) is 4.26. The molecule has 23 heavy (non-hydrogen) atoms. The van der Waals surface area contributed by atoms with Crippen molar-refractivity contribution >= 4 is 11.9 Å². The molecule has 1 amide bonds. The van der Waals surface area contributed by atoms with Crippen LogP contribution in [0, 0.1) is 12.3 Å². The first kappa shape index (κ1) is 15.8. The second-order valence-corrected chi connectivity index (χ2v) is 6.28. The van der Waals surface area contributed by atoms with Crippen LogP contribution in [0.1, 0.15) is 30.4 Å². The van der Waals surface area contributed by atoms with Crippen LogP contribution in [0.5, 0.6) is 5.75 Å². The van der Waals surface area contributed by atoms with E-state index in [1.807, 2.05) is 25.1 Å². The van der Waals surface area contributed by atoms with Crippen LogP contribution in [0.4, 0.5) is 0 Å². The van der Waals surface area contributed by atoms with E-state index in [0.717, 1.165) is 23.3 Å². The average Bonchev–Trinajstić information content (AvgIpc) is 3.19. The van der Waals surface area contributed by atoms with Gasteiger partial charge in [-0.15, -0.1) is 0 Å². The van der Waals surface area contributed by atoms with Gasteiger partial charge in [-0.2, -0.15) is 0 Å². The zero-order valence-electron chi connectivity index (χ0n) is 13.1. The van der Waals surface area contributed by atoms with E-state index in [-0.39, 0.29) is 12.6 Å². The molecule has 124 valence electrons. The molecule has 2 aliphatic rings. The first-order valence-electron chi connectivity index (χ1n) is 7.87. The number of nitrogens with one attached hydrogen (secondary N) is 1. The summed E-state index contributed by atoms with van der Waals surface area (Å²) in [5.41, 5.74) is 0.695. The van der Waals surface area contributed by atoms with Crippen molar-refractivity contribution in [1.29, 1.82) is 0 Å². The molecule has 3 rings (SSSR count). The SMILES string of the molecule is Cc1ccc(CNC(=O)C2(C(=O)O)CC2)c(OC2CCOC2)c1. The highest BCUT2D eigenvalue weighted by Gasteiger charge is 2.56. The molecule has 1 saturated carbocycles. The van der Waals surface area contributed by atoms with Crippen molar-refractivity contribution in [3.8, 4) is 5.75 Å². The van der Waals surface area contributed by atoms with Crippen LogP contribution >= 0.6 is 0 Å². The molecule has 2 N–H and O–H groups in total. The van der Waals surface area contributed by atoms with Crippen LogP contribution in [0.25, 0.3) is 0 Å². The normalized spacial score (nSPS) is 21.7. The standard InChI is InChI=1S/C17H21NO5/c1-11-2-3-12(14(8-11)23-13-4-7-22-10-13)9-18-15(19)17(5-6-17)16(20)21/h2-3,8,13H,4-7,9-10H2,1H3,(H,18,19)(H,20,21). The fraction of sp³-hybridized carbons (Fsp3) is 0.529. The number of carboxylic acid groups (broad SMARTS) is 1. The Morgan fingerprint density at radius 2 is 2.22 bits per heavy atom. The molecule has 1 aromatic carbocycles. The van der Waals surface area contributed by atoms with Gasteiger partial charge in [0.15, 0.2) is 0 Å². The number of amides is 1. The molecule has 0 radical (unpaired) electrons. The number of hydrogen-bond acceptors (Lipinski definition) is 4. The van der Waals surface area contributed by atoms with Gasteiger partial charge in [-0.3, -0.25) is 9.59 Å². The van der Waals surface area contributed by atoms with E-state index in [4.69, 9.17) is 14.6 Å². The van der Waals surface area contributed by atoms with Crippen molar-refractivity contribution in [2.75, 3.05) is 13.2 Å². The zero-order valence-corrected chi connectivity index (χ0v) is 13.1. The summed E-state index contributed by atoms with van der Waals surface area (Å²) in [6.07, 6.45) is 1.69. The van der Waals surface area contributed by atoms with Gasteiger partial charge < -0.3 is 19.9 Å². The maximum atomic E-state index is 12.1. The topological polar surface area (TPSA) is 84.9 Å². The predicted molar refractivity (Wildman–Crippen MR) is 82.2 cm³/mol. The lowest BCUT2D eigenvalue weighted by Gasteiger charge is -2.17. The number of aryl methyl sites for hydroxylation is 1.